The molecule has 2 N–H and O–H groups in total. The molecule has 0 aliphatic rings. The number of phosphoric acid groups is 1. The average Bonchev–Trinajstić information content (AvgIpc) is 3.50. The lowest BCUT2D eigenvalue weighted by Crippen LogP contribution is -2.30. The first kappa shape index (κ1) is 77.9. The van der Waals surface area contributed by atoms with Gasteiger partial charge in [-0.2, -0.15) is 0 Å². The van der Waals surface area contributed by atoms with Crippen LogP contribution in [0.15, 0.2) is 122 Å². The van der Waals surface area contributed by atoms with E-state index in [1.807, 2.05) is 0 Å². The van der Waals surface area contributed by atoms with Gasteiger partial charge in [-0.05, 0) is 128 Å². The first-order valence-electron chi connectivity index (χ1n) is 32.4. The lowest BCUT2D eigenvalue weighted by atomic mass is 10.1. The molecule has 3 atom stereocenters. The van der Waals surface area contributed by atoms with E-state index in [1.165, 1.54) is 83.5 Å². The van der Waals surface area contributed by atoms with Gasteiger partial charge in [0.05, 0.1) is 19.8 Å². The number of phosphoric ester groups is 1. The van der Waals surface area contributed by atoms with Gasteiger partial charge < -0.3 is 24.2 Å². The standard InChI is InChI=1S/C70H117O11P/c1-4-7-10-13-16-19-22-25-28-31-33-36-39-42-45-48-51-54-57-60-69(73)80-66(62-71)64-78-82(75,76)79-65-67(63-77-68(72)59-56-53-50-47-44-41-38-35-30-27-24-21-18-15-12-9-6-3)81-70(74)61-58-55-52-49-46-43-40-37-34-32-29-26-23-20-17-14-11-8-5-2/h8-9,11-12,17-18,20-21,25-30,34,37-38,41,43,46,66-67,71H,4-7,10,13-16,19,22-24,31-33,35-36,39-40,42,44-45,47-65H2,1-3H3,(H,75,76)/b11-8-,12-9-,20-17-,21-18-,28-25-,29-26-,30-27-,37-34-,41-38-,46-43-. The number of esters is 3. The van der Waals surface area contributed by atoms with Crippen LogP contribution < -0.4 is 0 Å². The second-order valence-electron chi connectivity index (χ2n) is 21.2. The summed E-state index contributed by atoms with van der Waals surface area (Å²) >= 11 is 0. The smallest absolute Gasteiger partial charge is 0.462 e. The lowest BCUT2D eigenvalue weighted by molar-refractivity contribution is -0.161. The molecule has 0 saturated heterocycles. The van der Waals surface area contributed by atoms with E-state index < -0.39 is 57.8 Å². The Balaban J connectivity index is 4.78. The van der Waals surface area contributed by atoms with Crippen molar-refractivity contribution in [3.63, 3.8) is 0 Å². The van der Waals surface area contributed by atoms with Crippen LogP contribution in [0.25, 0.3) is 0 Å². The molecule has 0 heterocycles. The SMILES string of the molecule is CC/C=C\C/C=C\C/C=C\C/C=C\C/C=C\CCCCCC(=O)OC(COC(=O)CCCCCC/C=C\C/C=C\C/C=C\C/C=C\CC)COP(=O)(O)OCC(CO)OC(=O)CCCCCCCCCCC/C=C\CCCCCCCC. The van der Waals surface area contributed by atoms with E-state index in [9.17, 15) is 28.9 Å². The summed E-state index contributed by atoms with van der Waals surface area (Å²) in [5.41, 5.74) is 0. The number of aliphatic hydroxyl groups is 1. The Morgan fingerprint density at radius 3 is 1.00 bits per heavy atom. The van der Waals surface area contributed by atoms with Gasteiger partial charge in [0.1, 0.15) is 12.7 Å². The fourth-order valence-corrected chi connectivity index (χ4v) is 9.27. The number of ether oxygens (including phenoxy) is 3. The monoisotopic (exact) mass is 1160 g/mol. The molecule has 0 fully saturated rings. The number of hydrogen-bond donors (Lipinski definition) is 2. The molecular weight excluding hydrogens is 1050 g/mol. The molecule has 0 spiro atoms. The predicted octanol–water partition coefficient (Wildman–Crippen LogP) is 19.9. The maximum atomic E-state index is 13.0. The van der Waals surface area contributed by atoms with E-state index in [2.05, 4.69) is 142 Å². The second kappa shape index (κ2) is 62.9. The molecule has 82 heavy (non-hydrogen) atoms. The molecule has 0 amide bonds. The number of carbonyl (C=O) groups excluding carboxylic acids is 3. The Kier molecular flexibility index (Phi) is 59.8. The van der Waals surface area contributed by atoms with E-state index in [-0.39, 0.29) is 25.9 Å². The van der Waals surface area contributed by atoms with Crippen molar-refractivity contribution in [1.82, 2.24) is 0 Å². The van der Waals surface area contributed by atoms with Gasteiger partial charge in [0.2, 0.25) is 0 Å². The maximum Gasteiger partial charge on any atom is 0.472 e. The highest BCUT2D eigenvalue weighted by atomic mass is 31.2. The maximum absolute atomic E-state index is 13.0. The highest BCUT2D eigenvalue weighted by molar-refractivity contribution is 7.47. The van der Waals surface area contributed by atoms with Crippen LogP contribution in [0.5, 0.6) is 0 Å². The minimum Gasteiger partial charge on any atom is -0.462 e. The quantitative estimate of drug-likeness (QED) is 0.0197. The molecular formula is C70H117O11P. The Morgan fingerprint density at radius 2 is 0.634 bits per heavy atom. The number of rotatable bonds is 59. The number of unbranched alkanes of at least 4 members (excludes halogenated alkanes) is 22. The number of allylic oxidation sites excluding steroid dienone is 20. The van der Waals surface area contributed by atoms with E-state index >= 15 is 0 Å². The summed E-state index contributed by atoms with van der Waals surface area (Å²) < 4.78 is 39.7. The second-order valence-corrected chi connectivity index (χ2v) is 22.6. The average molecular weight is 1170 g/mol. The van der Waals surface area contributed by atoms with E-state index in [0.29, 0.717) is 19.3 Å². The Morgan fingerprint density at radius 1 is 0.354 bits per heavy atom. The Bertz CT molecular complexity index is 1840. The highest BCUT2D eigenvalue weighted by Crippen LogP contribution is 2.43. The van der Waals surface area contributed by atoms with Gasteiger partial charge in [0.25, 0.3) is 0 Å². The molecule has 0 aliphatic carbocycles. The largest absolute Gasteiger partial charge is 0.472 e. The van der Waals surface area contributed by atoms with Crippen LogP contribution in [0, 0.1) is 0 Å². The zero-order valence-corrected chi connectivity index (χ0v) is 52.8. The van der Waals surface area contributed by atoms with Gasteiger partial charge >= 0.3 is 25.7 Å². The molecule has 468 valence electrons. The first-order chi connectivity index (χ1) is 40.2. The van der Waals surface area contributed by atoms with Gasteiger partial charge in [-0.3, -0.25) is 23.4 Å². The molecule has 0 bridgehead atoms. The third-order valence-electron chi connectivity index (χ3n) is 13.3. The van der Waals surface area contributed by atoms with Crippen molar-refractivity contribution in [2.75, 3.05) is 26.4 Å². The van der Waals surface area contributed by atoms with Gasteiger partial charge in [-0.25, -0.2) is 4.57 Å². The van der Waals surface area contributed by atoms with Gasteiger partial charge in [-0.15, -0.1) is 0 Å². The van der Waals surface area contributed by atoms with Crippen molar-refractivity contribution >= 4 is 25.7 Å². The molecule has 0 aromatic heterocycles. The van der Waals surface area contributed by atoms with Crippen LogP contribution in [0.3, 0.4) is 0 Å². The number of carbonyl (C=O) groups is 3. The molecule has 0 saturated carbocycles. The fourth-order valence-electron chi connectivity index (χ4n) is 8.49. The number of aliphatic hydroxyl groups excluding tert-OH is 1. The molecule has 0 aromatic carbocycles. The fraction of sp³-hybridized carbons (Fsp3) is 0.671. The van der Waals surface area contributed by atoms with Crippen molar-refractivity contribution in [2.24, 2.45) is 0 Å². The zero-order valence-electron chi connectivity index (χ0n) is 51.9. The van der Waals surface area contributed by atoms with Crippen molar-refractivity contribution in [3.8, 4) is 0 Å². The molecule has 0 aliphatic heterocycles. The summed E-state index contributed by atoms with van der Waals surface area (Å²) in [5, 5.41) is 9.87. The van der Waals surface area contributed by atoms with Crippen molar-refractivity contribution < 1.29 is 52.2 Å². The topological polar surface area (TPSA) is 155 Å². The highest BCUT2D eigenvalue weighted by Gasteiger charge is 2.28. The van der Waals surface area contributed by atoms with Crippen molar-refractivity contribution in [3.05, 3.63) is 122 Å². The molecule has 11 nitrogen and oxygen atoms in total. The van der Waals surface area contributed by atoms with Crippen LogP contribution in [0.1, 0.15) is 265 Å². The summed E-state index contributed by atoms with van der Waals surface area (Å²) in [7, 11) is -4.78. The Hall–Kier alpha value is -4.12. The van der Waals surface area contributed by atoms with Gasteiger partial charge in [0, 0.05) is 19.3 Å². The summed E-state index contributed by atoms with van der Waals surface area (Å²) in [6.07, 6.45) is 78.6. The van der Waals surface area contributed by atoms with Crippen molar-refractivity contribution in [2.45, 2.75) is 277 Å². The van der Waals surface area contributed by atoms with Gasteiger partial charge in [-0.1, -0.05) is 239 Å². The van der Waals surface area contributed by atoms with E-state index in [1.54, 1.807) is 0 Å². The van der Waals surface area contributed by atoms with E-state index in [0.717, 1.165) is 122 Å². The van der Waals surface area contributed by atoms with Gasteiger partial charge in [0.15, 0.2) is 6.10 Å². The number of hydrogen-bond acceptors (Lipinski definition) is 10. The summed E-state index contributed by atoms with van der Waals surface area (Å²) in [6.45, 7) is 4.37. The summed E-state index contributed by atoms with van der Waals surface area (Å²) in [6, 6.07) is 0. The van der Waals surface area contributed by atoms with E-state index in [4.69, 9.17) is 23.3 Å². The third-order valence-corrected chi connectivity index (χ3v) is 14.3. The summed E-state index contributed by atoms with van der Waals surface area (Å²) in [4.78, 5) is 48.8. The molecule has 0 aromatic rings. The van der Waals surface area contributed by atoms with Crippen LogP contribution >= 0.6 is 7.82 Å². The molecule has 0 radical (unpaired) electrons. The predicted molar refractivity (Wildman–Crippen MR) is 343 cm³/mol. The minimum atomic E-state index is -4.78. The molecule has 12 heteroatoms. The van der Waals surface area contributed by atoms with Crippen molar-refractivity contribution in [1.29, 1.82) is 0 Å². The van der Waals surface area contributed by atoms with Crippen LogP contribution in [0.2, 0.25) is 0 Å². The molecule has 3 unspecified atom stereocenters. The summed E-state index contributed by atoms with van der Waals surface area (Å²) in [5.74, 6) is -1.54. The van der Waals surface area contributed by atoms with Crippen LogP contribution in [-0.2, 0) is 42.2 Å². The van der Waals surface area contributed by atoms with Crippen LogP contribution in [-0.4, -0.2) is 66.5 Å². The zero-order chi connectivity index (χ0) is 59.8. The lowest BCUT2D eigenvalue weighted by Gasteiger charge is -2.21. The molecule has 0 rings (SSSR count). The minimum absolute atomic E-state index is 0.117. The third kappa shape index (κ3) is 60.5. The van der Waals surface area contributed by atoms with Crippen LogP contribution in [0.4, 0.5) is 0 Å². The first-order valence-corrected chi connectivity index (χ1v) is 33.9. The normalized spacial score (nSPS) is 14.1. The Labute approximate surface area is 500 Å².